The predicted octanol–water partition coefficient (Wildman–Crippen LogP) is 2.12. The second kappa shape index (κ2) is 6.67. The van der Waals surface area contributed by atoms with E-state index >= 15 is 0 Å². The largest absolute Gasteiger partial charge is 0.352 e. The van der Waals surface area contributed by atoms with Gasteiger partial charge in [0.05, 0.1) is 10.3 Å². The van der Waals surface area contributed by atoms with E-state index in [4.69, 9.17) is 5.73 Å². The first kappa shape index (κ1) is 15.4. The molecule has 0 heterocycles. The highest BCUT2D eigenvalue weighted by Crippen LogP contribution is 2.35. The number of amides is 1. The summed E-state index contributed by atoms with van der Waals surface area (Å²) in [7, 11) is 0. The Morgan fingerprint density at radius 2 is 1.86 bits per heavy atom. The van der Waals surface area contributed by atoms with E-state index in [0.717, 1.165) is 37.7 Å². The van der Waals surface area contributed by atoms with E-state index in [-0.39, 0.29) is 11.6 Å². The molecule has 0 atom stereocenters. The van der Waals surface area contributed by atoms with Crippen LogP contribution in [0.5, 0.6) is 0 Å². The summed E-state index contributed by atoms with van der Waals surface area (Å²) >= 11 is 0. The molecule has 0 aromatic heterocycles. The summed E-state index contributed by atoms with van der Waals surface area (Å²) in [6.45, 7) is 0.748. The molecule has 2 rings (SSSR count). The Labute approximate surface area is 123 Å². The normalized spacial score (nSPS) is 17.2. The molecule has 6 nitrogen and oxygen atoms in total. The molecule has 1 aromatic rings. The number of benzene rings is 1. The molecule has 0 unspecified atom stereocenters. The minimum atomic E-state index is -0.437. The third-order valence-electron chi connectivity index (χ3n) is 4.28. The fraction of sp³-hybridized carbons (Fsp3) is 0.533. The van der Waals surface area contributed by atoms with Gasteiger partial charge in [0.2, 0.25) is 5.91 Å². The maximum atomic E-state index is 12.4. The molecule has 3 N–H and O–H groups in total. The molecule has 1 amide bonds. The summed E-state index contributed by atoms with van der Waals surface area (Å²) in [5.41, 5.74) is 6.29. The lowest BCUT2D eigenvalue weighted by Gasteiger charge is -2.34. The Bertz CT molecular complexity index is 507. The molecule has 114 valence electrons. The molecule has 1 aromatic carbocycles. The van der Waals surface area contributed by atoms with Crippen LogP contribution in [-0.2, 0) is 11.3 Å². The van der Waals surface area contributed by atoms with Gasteiger partial charge in [-0.25, -0.2) is 0 Å². The average molecular weight is 291 g/mol. The van der Waals surface area contributed by atoms with Gasteiger partial charge in [-0.05, 0) is 18.4 Å². The molecule has 0 saturated heterocycles. The number of carbonyl (C=O) groups excluding carboxylic acids is 1. The third-order valence-corrected chi connectivity index (χ3v) is 4.28. The summed E-state index contributed by atoms with van der Waals surface area (Å²) in [5.74, 6) is 0.00283. The van der Waals surface area contributed by atoms with Crippen LogP contribution in [0.4, 0.5) is 5.69 Å². The first-order valence-electron chi connectivity index (χ1n) is 7.29. The topological polar surface area (TPSA) is 98.3 Å². The second-order valence-electron chi connectivity index (χ2n) is 5.65. The van der Waals surface area contributed by atoms with Crippen molar-refractivity contribution in [3.8, 4) is 0 Å². The van der Waals surface area contributed by atoms with Gasteiger partial charge < -0.3 is 11.1 Å². The standard InChI is InChI=1S/C15H21N3O3/c16-11-15(8-2-1-3-9-15)14(19)17-10-12-4-6-13(7-5-12)18(20)21/h4-7H,1-3,8-11,16H2,(H,17,19). The number of rotatable bonds is 5. The van der Waals surface area contributed by atoms with Crippen LogP contribution in [-0.4, -0.2) is 17.4 Å². The molecule has 1 saturated carbocycles. The SMILES string of the molecule is NCC1(C(=O)NCc2ccc([N+](=O)[O-])cc2)CCCCC1. The number of carbonyl (C=O) groups is 1. The highest BCUT2D eigenvalue weighted by Gasteiger charge is 2.37. The van der Waals surface area contributed by atoms with Crippen LogP contribution in [0.3, 0.4) is 0 Å². The van der Waals surface area contributed by atoms with Gasteiger partial charge in [0.15, 0.2) is 0 Å². The lowest BCUT2D eigenvalue weighted by Crippen LogP contribution is -2.46. The van der Waals surface area contributed by atoms with Crippen LogP contribution in [0.15, 0.2) is 24.3 Å². The van der Waals surface area contributed by atoms with Crippen molar-refractivity contribution in [1.82, 2.24) is 5.32 Å². The highest BCUT2D eigenvalue weighted by atomic mass is 16.6. The lowest BCUT2D eigenvalue weighted by atomic mass is 9.73. The molecule has 0 aliphatic heterocycles. The van der Waals surface area contributed by atoms with Gasteiger partial charge >= 0.3 is 0 Å². The number of nitrogens with two attached hydrogens (primary N) is 1. The molecule has 1 fully saturated rings. The number of nitrogens with one attached hydrogen (secondary N) is 1. The maximum Gasteiger partial charge on any atom is 0.269 e. The van der Waals surface area contributed by atoms with E-state index in [1.807, 2.05) is 0 Å². The van der Waals surface area contributed by atoms with E-state index < -0.39 is 10.3 Å². The number of non-ortho nitro benzene ring substituents is 1. The maximum absolute atomic E-state index is 12.4. The quantitative estimate of drug-likeness (QED) is 0.641. The van der Waals surface area contributed by atoms with Gasteiger partial charge in [0, 0.05) is 25.2 Å². The lowest BCUT2D eigenvalue weighted by molar-refractivity contribution is -0.384. The third kappa shape index (κ3) is 3.58. The second-order valence-corrected chi connectivity index (χ2v) is 5.65. The van der Waals surface area contributed by atoms with Crippen molar-refractivity contribution in [2.24, 2.45) is 11.1 Å². The minimum Gasteiger partial charge on any atom is -0.352 e. The fourth-order valence-corrected chi connectivity index (χ4v) is 2.86. The molecule has 0 radical (unpaired) electrons. The summed E-state index contributed by atoms with van der Waals surface area (Å²) in [4.78, 5) is 22.6. The van der Waals surface area contributed by atoms with Crippen molar-refractivity contribution in [3.05, 3.63) is 39.9 Å². The smallest absolute Gasteiger partial charge is 0.269 e. The number of nitro groups is 1. The Morgan fingerprint density at radius 3 is 2.38 bits per heavy atom. The molecule has 6 heteroatoms. The predicted molar refractivity (Wildman–Crippen MR) is 79.5 cm³/mol. The zero-order valence-corrected chi connectivity index (χ0v) is 12.0. The Kier molecular flexibility index (Phi) is 4.90. The average Bonchev–Trinajstić information content (AvgIpc) is 2.53. The summed E-state index contributed by atoms with van der Waals surface area (Å²) in [6, 6.07) is 6.21. The van der Waals surface area contributed by atoms with Gasteiger partial charge in [-0.15, -0.1) is 0 Å². The van der Waals surface area contributed by atoms with Crippen LogP contribution in [0.25, 0.3) is 0 Å². The first-order chi connectivity index (χ1) is 10.1. The summed E-state index contributed by atoms with van der Waals surface area (Å²) < 4.78 is 0. The molecular formula is C15H21N3O3. The van der Waals surface area contributed by atoms with Crippen LogP contribution in [0, 0.1) is 15.5 Å². The fourth-order valence-electron chi connectivity index (χ4n) is 2.86. The van der Waals surface area contributed by atoms with Crippen molar-refractivity contribution in [2.45, 2.75) is 38.6 Å². The molecular weight excluding hydrogens is 270 g/mol. The van der Waals surface area contributed by atoms with Crippen LogP contribution < -0.4 is 11.1 Å². The minimum absolute atomic E-state index is 0.00283. The Morgan fingerprint density at radius 1 is 1.24 bits per heavy atom. The number of hydrogen-bond acceptors (Lipinski definition) is 4. The summed E-state index contributed by atoms with van der Waals surface area (Å²) in [5, 5.41) is 13.5. The van der Waals surface area contributed by atoms with Crippen LogP contribution >= 0.6 is 0 Å². The van der Waals surface area contributed by atoms with Crippen molar-refractivity contribution in [1.29, 1.82) is 0 Å². The van der Waals surface area contributed by atoms with Gasteiger partial charge in [-0.3, -0.25) is 14.9 Å². The van der Waals surface area contributed by atoms with Gasteiger partial charge in [0.1, 0.15) is 0 Å². The Hall–Kier alpha value is -1.95. The van der Waals surface area contributed by atoms with Gasteiger partial charge in [-0.2, -0.15) is 0 Å². The molecule has 0 spiro atoms. The van der Waals surface area contributed by atoms with Crippen molar-refractivity contribution in [2.75, 3.05) is 6.54 Å². The zero-order chi connectivity index (χ0) is 15.3. The summed E-state index contributed by atoms with van der Waals surface area (Å²) in [6.07, 6.45) is 4.94. The van der Waals surface area contributed by atoms with Crippen molar-refractivity contribution in [3.63, 3.8) is 0 Å². The number of nitrogens with zero attached hydrogens (tertiary/aromatic N) is 1. The number of nitro benzene ring substituents is 1. The van der Waals surface area contributed by atoms with E-state index in [1.54, 1.807) is 12.1 Å². The van der Waals surface area contributed by atoms with E-state index in [2.05, 4.69) is 5.32 Å². The molecule has 1 aliphatic rings. The molecule has 0 bridgehead atoms. The zero-order valence-electron chi connectivity index (χ0n) is 12.0. The van der Waals surface area contributed by atoms with Gasteiger partial charge in [-0.1, -0.05) is 31.4 Å². The molecule has 21 heavy (non-hydrogen) atoms. The monoisotopic (exact) mass is 291 g/mol. The van der Waals surface area contributed by atoms with Crippen molar-refractivity contribution < 1.29 is 9.72 Å². The highest BCUT2D eigenvalue weighted by molar-refractivity contribution is 5.83. The van der Waals surface area contributed by atoms with Crippen LogP contribution in [0.2, 0.25) is 0 Å². The van der Waals surface area contributed by atoms with E-state index in [1.165, 1.54) is 12.1 Å². The van der Waals surface area contributed by atoms with Gasteiger partial charge in [0.25, 0.3) is 5.69 Å². The van der Waals surface area contributed by atoms with Crippen LogP contribution in [0.1, 0.15) is 37.7 Å². The first-order valence-corrected chi connectivity index (χ1v) is 7.29. The Balaban J connectivity index is 1.95. The number of hydrogen-bond donors (Lipinski definition) is 2. The van der Waals surface area contributed by atoms with E-state index in [9.17, 15) is 14.9 Å². The van der Waals surface area contributed by atoms with Crippen molar-refractivity contribution >= 4 is 11.6 Å². The molecule has 1 aliphatic carbocycles. The van der Waals surface area contributed by atoms with E-state index in [0.29, 0.717) is 13.1 Å².